The molecule has 4 aromatic rings. The molecular formula is C25H27BrN6O3. The number of ether oxygens (including phenoxy) is 1. The van der Waals surface area contributed by atoms with E-state index in [1.807, 2.05) is 18.2 Å². The quantitative estimate of drug-likeness (QED) is 0.356. The summed E-state index contributed by atoms with van der Waals surface area (Å²) in [5, 5.41) is 7.30. The van der Waals surface area contributed by atoms with Gasteiger partial charge < -0.3 is 13.9 Å². The van der Waals surface area contributed by atoms with Crippen molar-refractivity contribution in [3.63, 3.8) is 0 Å². The lowest BCUT2D eigenvalue weighted by Gasteiger charge is -2.29. The summed E-state index contributed by atoms with van der Waals surface area (Å²) in [6, 6.07) is 7.48. The molecule has 0 fully saturated rings. The maximum atomic E-state index is 13.5. The molecule has 0 radical (unpaired) electrons. The SMILES string of the molecule is Cn1ncc2c1OCCCCC(C)(C)n1c(nc3ccc(Br)cc31)NC(=O)c1cc-2c(=O)n(C)c1. The van der Waals surface area contributed by atoms with Gasteiger partial charge in [0.1, 0.15) is 0 Å². The third-order valence-electron chi connectivity index (χ3n) is 6.49. The van der Waals surface area contributed by atoms with Gasteiger partial charge in [-0.2, -0.15) is 5.10 Å². The number of hydrogen-bond acceptors (Lipinski definition) is 5. The zero-order chi connectivity index (χ0) is 24.9. The number of rotatable bonds is 0. The fourth-order valence-corrected chi connectivity index (χ4v) is 5.02. The molecule has 1 aliphatic rings. The Kier molecular flexibility index (Phi) is 5.79. The van der Waals surface area contributed by atoms with Crippen molar-refractivity contribution in [2.75, 3.05) is 11.9 Å². The lowest BCUT2D eigenvalue weighted by Crippen LogP contribution is -2.29. The molecule has 0 atom stereocenters. The van der Waals surface area contributed by atoms with Crippen LogP contribution in [0.25, 0.3) is 22.2 Å². The Bertz CT molecular complexity index is 1510. The Hall–Kier alpha value is -3.40. The van der Waals surface area contributed by atoms with Crippen LogP contribution in [-0.2, 0) is 19.6 Å². The first kappa shape index (κ1) is 23.3. The highest BCUT2D eigenvalue weighted by Gasteiger charge is 2.28. The Labute approximate surface area is 210 Å². The minimum atomic E-state index is -0.352. The predicted octanol–water partition coefficient (Wildman–Crippen LogP) is 4.45. The molecule has 9 nitrogen and oxygen atoms in total. The van der Waals surface area contributed by atoms with Crippen LogP contribution in [0.3, 0.4) is 0 Å². The Morgan fingerprint density at radius 3 is 2.71 bits per heavy atom. The number of imidazole rings is 1. The molecule has 1 N–H and O–H groups in total. The molecular weight excluding hydrogens is 512 g/mol. The van der Waals surface area contributed by atoms with E-state index in [1.165, 1.54) is 10.8 Å². The van der Waals surface area contributed by atoms with Crippen molar-refractivity contribution < 1.29 is 9.53 Å². The van der Waals surface area contributed by atoms with E-state index in [0.717, 1.165) is 34.8 Å². The lowest BCUT2D eigenvalue weighted by atomic mass is 9.96. The van der Waals surface area contributed by atoms with E-state index in [4.69, 9.17) is 9.72 Å². The highest BCUT2D eigenvalue weighted by molar-refractivity contribution is 9.10. The Balaban J connectivity index is 1.69. The van der Waals surface area contributed by atoms with Gasteiger partial charge >= 0.3 is 0 Å². The van der Waals surface area contributed by atoms with E-state index in [-0.39, 0.29) is 17.0 Å². The molecule has 2 bridgehead atoms. The smallest absolute Gasteiger partial charge is 0.259 e. The summed E-state index contributed by atoms with van der Waals surface area (Å²) < 4.78 is 12.1. The van der Waals surface area contributed by atoms with Crippen LogP contribution in [0.2, 0.25) is 0 Å². The summed E-state index contributed by atoms with van der Waals surface area (Å²) in [7, 11) is 3.41. The first-order valence-corrected chi connectivity index (χ1v) is 12.3. The average molecular weight is 539 g/mol. The van der Waals surface area contributed by atoms with Crippen LogP contribution in [0.15, 0.2) is 45.9 Å². The largest absolute Gasteiger partial charge is 0.477 e. The van der Waals surface area contributed by atoms with Gasteiger partial charge in [0.25, 0.3) is 11.5 Å². The second-order valence-corrected chi connectivity index (χ2v) is 10.4. The van der Waals surface area contributed by atoms with Gasteiger partial charge in [0.2, 0.25) is 11.8 Å². The normalized spacial score (nSPS) is 16.0. The van der Waals surface area contributed by atoms with Crippen molar-refractivity contribution in [1.29, 1.82) is 0 Å². The third kappa shape index (κ3) is 4.16. The van der Waals surface area contributed by atoms with Crippen LogP contribution in [0.4, 0.5) is 5.95 Å². The van der Waals surface area contributed by atoms with Crippen molar-refractivity contribution >= 4 is 38.8 Å². The minimum absolute atomic E-state index is 0.234. The molecule has 0 unspecified atom stereocenters. The standard InChI is InChI=1S/C25H27BrN6O3/c1-25(2)9-5-6-10-35-23-18(13-27-31(23)4)17-11-15(14-30(3)22(17)34)21(33)29-24-28-19-8-7-16(26)12-20(19)32(24)25/h7-8,11-14H,5-6,9-10H2,1-4H3,(H,28,29,33). The first-order chi connectivity index (χ1) is 16.7. The highest BCUT2D eigenvalue weighted by Crippen LogP contribution is 2.34. The van der Waals surface area contributed by atoms with Crippen LogP contribution >= 0.6 is 15.9 Å². The summed E-state index contributed by atoms with van der Waals surface area (Å²) in [6.07, 6.45) is 5.71. The summed E-state index contributed by atoms with van der Waals surface area (Å²) in [6.45, 7) is 4.78. The molecule has 182 valence electrons. The van der Waals surface area contributed by atoms with Gasteiger partial charge in [0.15, 0.2) is 0 Å². The Morgan fingerprint density at radius 1 is 1.11 bits per heavy atom. The summed E-state index contributed by atoms with van der Waals surface area (Å²) in [5.41, 5.74) is 2.42. The van der Waals surface area contributed by atoms with Gasteiger partial charge in [-0.25, -0.2) is 9.67 Å². The zero-order valence-electron chi connectivity index (χ0n) is 20.1. The predicted molar refractivity (Wildman–Crippen MR) is 138 cm³/mol. The van der Waals surface area contributed by atoms with E-state index in [9.17, 15) is 9.59 Å². The third-order valence-corrected chi connectivity index (χ3v) is 6.98. The van der Waals surface area contributed by atoms with Gasteiger partial charge in [0.05, 0.1) is 40.5 Å². The second-order valence-electron chi connectivity index (χ2n) is 9.52. The van der Waals surface area contributed by atoms with Crippen LogP contribution in [0, 0.1) is 0 Å². The van der Waals surface area contributed by atoms with Crippen molar-refractivity contribution in [3.8, 4) is 17.0 Å². The van der Waals surface area contributed by atoms with Crippen LogP contribution < -0.4 is 15.6 Å². The number of aryl methyl sites for hydroxylation is 2. The number of hydrogen-bond donors (Lipinski definition) is 1. The lowest BCUT2D eigenvalue weighted by molar-refractivity contribution is 0.102. The number of amides is 1. The van der Waals surface area contributed by atoms with Crippen LogP contribution in [-0.4, -0.2) is 36.4 Å². The molecule has 0 saturated carbocycles. The highest BCUT2D eigenvalue weighted by atomic mass is 79.9. The van der Waals surface area contributed by atoms with Crippen LogP contribution in [0.1, 0.15) is 43.5 Å². The summed E-state index contributed by atoms with van der Waals surface area (Å²) in [4.78, 5) is 31.2. The number of anilines is 1. The molecule has 4 heterocycles. The summed E-state index contributed by atoms with van der Waals surface area (Å²) >= 11 is 3.56. The monoisotopic (exact) mass is 538 g/mol. The van der Waals surface area contributed by atoms with E-state index >= 15 is 0 Å². The van der Waals surface area contributed by atoms with Gasteiger partial charge in [-0.05, 0) is 57.4 Å². The Morgan fingerprint density at radius 2 is 1.91 bits per heavy atom. The molecule has 10 heteroatoms. The summed E-state index contributed by atoms with van der Waals surface area (Å²) in [5.74, 6) is 0.628. The maximum absolute atomic E-state index is 13.5. The molecule has 0 saturated heterocycles. The van der Waals surface area contributed by atoms with Crippen molar-refractivity contribution in [2.24, 2.45) is 14.1 Å². The van der Waals surface area contributed by atoms with Crippen molar-refractivity contribution in [2.45, 2.75) is 38.6 Å². The number of halogens is 1. The molecule has 0 spiro atoms. The molecule has 5 rings (SSSR count). The maximum Gasteiger partial charge on any atom is 0.259 e. The topological polar surface area (TPSA) is 96.0 Å². The number of nitrogens with one attached hydrogen (secondary N) is 1. The zero-order valence-corrected chi connectivity index (χ0v) is 21.7. The molecule has 1 aromatic carbocycles. The number of pyridine rings is 1. The fraction of sp³-hybridized carbons (Fsp3) is 0.360. The van der Waals surface area contributed by atoms with E-state index in [1.54, 1.807) is 31.0 Å². The minimum Gasteiger partial charge on any atom is -0.477 e. The average Bonchev–Trinajstić information content (AvgIpc) is 3.34. The molecule has 1 aliphatic heterocycles. The number of carbonyl (C=O) groups is 1. The fourth-order valence-electron chi connectivity index (χ4n) is 4.67. The van der Waals surface area contributed by atoms with Gasteiger partial charge in [-0.3, -0.25) is 14.9 Å². The number of fused-ring (bicyclic) bond motifs is 7. The van der Waals surface area contributed by atoms with Gasteiger partial charge in [0, 0.05) is 30.3 Å². The van der Waals surface area contributed by atoms with Crippen molar-refractivity contribution in [1.82, 2.24) is 23.9 Å². The molecule has 1 amide bonds. The van der Waals surface area contributed by atoms with Gasteiger partial charge in [-0.15, -0.1) is 0 Å². The number of nitrogens with zero attached hydrogens (tertiary/aromatic N) is 5. The second kappa shape index (κ2) is 8.67. The molecule has 0 aliphatic carbocycles. The number of aromatic nitrogens is 5. The van der Waals surface area contributed by atoms with E-state index in [0.29, 0.717) is 35.1 Å². The van der Waals surface area contributed by atoms with Crippen molar-refractivity contribution in [3.05, 3.63) is 57.0 Å². The van der Waals surface area contributed by atoms with E-state index < -0.39 is 0 Å². The first-order valence-electron chi connectivity index (χ1n) is 11.5. The molecule has 35 heavy (non-hydrogen) atoms. The number of benzene rings is 1. The van der Waals surface area contributed by atoms with Crippen LogP contribution in [0.5, 0.6) is 5.88 Å². The van der Waals surface area contributed by atoms with Gasteiger partial charge in [-0.1, -0.05) is 15.9 Å². The van der Waals surface area contributed by atoms with E-state index in [2.05, 4.69) is 44.8 Å². The molecule has 3 aromatic heterocycles. The number of carbonyl (C=O) groups excluding carboxylic acids is 1.